The number of aryl methyl sites for hydroxylation is 2. The topological polar surface area (TPSA) is 112 Å². The number of aliphatic imine (C=N–C) groups is 1. The fourth-order valence-electron chi connectivity index (χ4n) is 2.38. The number of aliphatic hydroxyl groups excluding tert-OH is 2. The number of nitrogens with one attached hydrogen (secondary N) is 1. The van der Waals surface area contributed by atoms with Crippen molar-refractivity contribution in [1.82, 2.24) is 9.97 Å². The standard InChI is InChI=1S/C11H17N4.C8H12O2.C2H6.CH4O.Ir.Pr/c1-5-7(2)6-13-10-8(3)14-9(4)15-11(10)12;1-3-8(6-9)5-4-7(2)10-8;2*1-2;;/h6-7H,5H2,1-4H3,(H-,12,14,15);1,7,9H,4-6H2,2H3;1-2H3;2H,1H3;;/q-1;;;;;. The van der Waals surface area contributed by atoms with E-state index in [9.17, 15) is 0 Å². The van der Waals surface area contributed by atoms with Gasteiger partial charge in [0.2, 0.25) is 0 Å². The van der Waals surface area contributed by atoms with Crippen LogP contribution in [0.3, 0.4) is 0 Å². The molecule has 1 aliphatic heterocycles. The number of hydrogen-bond donors (Lipinski definition) is 2. The molecule has 3 N–H and O–H groups in total. The predicted octanol–water partition coefficient (Wildman–Crippen LogP) is 4.71. The molecule has 0 spiro atoms. The monoisotopic (exact) mass is 741 g/mol. The minimum Gasteiger partial charge on any atom is -0.480 e. The zero-order chi connectivity index (χ0) is 23.0. The molecule has 9 heteroatoms. The van der Waals surface area contributed by atoms with Crippen LogP contribution < -0.4 is 0 Å². The van der Waals surface area contributed by atoms with E-state index in [1.807, 2.05) is 33.9 Å². The average molecular weight is 741 g/mol. The Bertz CT molecular complexity index is 633. The van der Waals surface area contributed by atoms with Crippen molar-refractivity contribution in [2.75, 3.05) is 13.7 Å². The average Bonchev–Trinajstić information content (AvgIpc) is 3.12. The van der Waals surface area contributed by atoms with Gasteiger partial charge in [-0.05, 0) is 51.8 Å². The van der Waals surface area contributed by atoms with Gasteiger partial charge in [0.05, 0.1) is 24.1 Å². The van der Waals surface area contributed by atoms with Gasteiger partial charge in [0.1, 0.15) is 0 Å². The molecule has 178 valence electrons. The third-order valence-electron chi connectivity index (χ3n) is 4.17. The van der Waals surface area contributed by atoms with Gasteiger partial charge in [0, 0.05) is 80.5 Å². The number of ether oxygens (including phenoxy) is 1. The van der Waals surface area contributed by atoms with Crippen LogP contribution in [0.15, 0.2) is 4.99 Å². The molecule has 3 atom stereocenters. The second-order valence-corrected chi connectivity index (χ2v) is 6.48. The molecule has 7 nitrogen and oxygen atoms in total. The molecule has 1 aromatic heterocycles. The van der Waals surface area contributed by atoms with Crippen LogP contribution in [0.2, 0.25) is 0 Å². The van der Waals surface area contributed by atoms with Crippen LogP contribution in [0.5, 0.6) is 0 Å². The molecule has 2 rings (SSSR count). The summed E-state index contributed by atoms with van der Waals surface area (Å²) in [5, 5.41) is 15.9. The van der Waals surface area contributed by atoms with Crippen LogP contribution >= 0.6 is 0 Å². The molecule has 31 heavy (non-hydrogen) atoms. The van der Waals surface area contributed by atoms with E-state index in [0.29, 0.717) is 17.4 Å². The molecule has 1 fully saturated rings. The van der Waals surface area contributed by atoms with Crippen LogP contribution in [0.4, 0.5) is 11.5 Å². The van der Waals surface area contributed by atoms with Gasteiger partial charge in [-0.25, -0.2) is 0 Å². The summed E-state index contributed by atoms with van der Waals surface area (Å²) < 4.78 is 5.36. The largest absolute Gasteiger partial charge is 0.480 e. The first-order valence-corrected chi connectivity index (χ1v) is 10.1. The number of aromatic nitrogens is 2. The molecule has 2 heterocycles. The van der Waals surface area contributed by atoms with Crippen molar-refractivity contribution in [2.45, 2.75) is 79.4 Å². The summed E-state index contributed by atoms with van der Waals surface area (Å²) >= 11 is 0. The van der Waals surface area contributed by atoms with Crippen molar-refractivity contribution in [3.8, 4) is 12.3 Å². The molecule has 0 aromatic carbocycles. The maximum absolute atomic E-state index is 8.87. The van der Waals surface area contributed by atoms with Crippen molar-refractivity contribution in [2.24, 2.45) is 10.9 Å². The summed E-state index contributed by atoms with van der Waals surface area (Å²) in [6, 6.07) is 0. The number of hydrogen-bond acceptors (Lipinski definition) is 6. The van der Waals surface area contributed by atoms with E-state index in [4.69, 9.17) is 27.1 Å². The smallest absolute Gasteiger partial charge is 0.151 e. The van der Waals surface area contributed by atoms with Gasteiger partial charge in [0.15, 0.2) is 5.60 Å². The Balaban J connectivity index is -0.000000200. The maximum Gasteiger partial charge on any atom is 0.151 e. The van der Waals surface area contributed by atoms with Crippen molar-refractivity contribution in [1.29, 1.82) is 0 Å². The molecule has 0 bridgehead atoms. The third-order valence-corrected chi connectivity index (χ3v) is 4.17. The zero-order valence-corrected chi connectivity index (χ0v) is 26.3. The fraction of sp³-hybridized carbons (Fsp3) is 0.682. The Kier molecular flexibility index (Phi) is 27.0. The quantitative estimate of drug-likeness (QED) is 0.344. The second-order valence-electron chi connectivity index (χ2n) is 6.48. The Hall–Kier alpha value is 0.00299. The minimum atomic E-state index is -0.667. The number of rotatable bonds is 4. The summed E-state index contributed by atoms with van der Waals surface area (Å²) in [5.74, 6) is 3.74. The van der Waals surface area contributed by atoms with Gasteiger partial charge in [-0.3, -0.25) is 9.98 Å². The van der Waals surface area contributed by atoms with E-state index in [1.54, 1.807) is 6.92 Å². The maximum atomic E-state index is 8.87. The van der Waals surface area contributed by atoms with Gasteiger partial charge < -0.3 is 25.7 Å². The fourth-order valence-corrected chi connectivity index (χ4v) is 2.38. The zero-order valence-electron chi connectivity index (χ0n) is 20.2. The van der Waals surface area contributed by atoms with E-state index in [2.05, 4.69) is 34.7 Å². The second kappa shape index (κ2) is 21.8. The van der Waals surface area contributed by atoms with Crippen molar-refractivity contribution in [3.05, 3.63) is 17.3 Å². The molecule has 0 amide bonds. The molecule has 0 aliphatic carbocycles. The molecule has 1 saturated heterocycles. The minimum absolute atomic E-state index is 0. The van der Waals surface area contributed by atoms with E-state index in [0.717, 1.165) is 32.1 Å². The van der Waals surface area contributed by atoms with Crippen LogP contribution in [0.1, 0.15) is 65.4 Å². The summed E-state index contributed by atoms with van der Waals surface area (Å²) in [7, 11) is 1.00. The molecule has 0 saturated carbocycles. The predicted molar refractivity (Wildman–Crippen MR) is 121 cm³/mol. The van der Waals surface area contributed by atoms with E-state index in [-0.39, 0.29) is 79.9 Å². The van der Waals surface area contributed by atoms with Crippen molar-refractivity contribution < 1.29 is 76.3 Å². The van der Waals surface area contributed by atoms with Gasteiger partial charge >= 0.3 is 0 Å². The Morgan fingerprint density at radius 1 is 1.35 bits per heavy atom. The summed E-state index contributed by atoms with van der Waals surface area (Å²) in [5.41, 5.74) is 8.38. The van der Waals surface area contributed by atoms with E-state index >= 15 is 0 Å². The number of terminal acetylenes is 1. The molecular weight excluding hydrogens is 701 g/mol. The molecule has 1 aliphatic rings. The van der Waals surface area contributed by atoms with Crippen molar-refractivity contribution >= 4 is 17.7 Å². The molecule has 3 unspecified atom stereocenters. The number of nitrogens with zero attached hydrogens (tertiary/aromatic N) is 3. The van der Waals surface area contributed by atoms with Gasteiger partial charge in [-0.2, -0.15) is 0 Å². The number of aliphatic hydroxyl groups is 2. The first kappa shape index (κ1) is 38.3. The molecule has 1 aromatic rings. The van der Waals surface area contributed by atoms with Crippen LogP contribution in [-0.2, 0) is 24.8 Å². The van der Waals surface area contributed by atoms with Gasteiger partial charge in [-0.15, -0.1) is 6.42 Å². The summed E-state index contributed by atoms with van der Waals surface area (Å²) in [6.07, 6.45) is 10.0. The van der Waals surface area contributed by atoms with E-state index < -0.39 is 5.60 Å². The Morgan fingerprint density at radius 2 is 1.90 bits per heavy atom. The first-order valence-electron chi connectivity index (χ1n) is 10.1. The van der Waals surface area contributed by atoms with E-state index in [1.165, 1.54) is 0 Å². The Morgan fingerprint density at radius 3 is 2.23 bits per heavy atom. The van der Waals surface area contributed by atoms with Crippen LogP contribution in [0.25, 0.3) is 5.73 Å². The summed E-state index contributed by atoms with van der Waals surface area (Å²) in [4.78, 5) is 12.5. The summed E-state index contributed by atoms with van der Waals surface area (Å²) in [6.45, 7) is 13.8. The first-order chi connectivity index (χ1) is 13.8. The van der Waals surface area contributed by atoms with Crippen molar-refractivity contribution in [3.63, 3.8) is 0 Å². The van der Waals surface area contributed by atoms with Gasteiger partial charge in [0.25, 0.3) is 0 Å². The molecular formula is C22H39IrN4O3Pr-. The SMILES string of the molecule is C#CC1(CO)CCC(C)O1.CC.CCC(C)C=Nc1c(C)nc(C)nc1[NH-].CO.[Ir].[Pr]. The Labute approximate surface area is 235 Å². The van der Waals surface area contributed by atoms with Gasteiger partial charge in [-0.1, -0.05) is 33.6 Å². The third kappa shape index (κ3) is 14.7. The normalized spacial score (nSPS) is 19.6. The molecule has 2 radical (unpaired) electrons. The van der Waals surface area contributed by atoms with Crippen LogP contribution in [-0.4, -0.2) is 51.8 Å². The van der Waals surface area contributed by atoms with Crippen LogP contribution in [0, 0.1) is 73.4 Å².